The van der Waals surface area contributed by atoms with Crippen LogP contribution in [0.15, 0.2) is 48.8 Å². The van der Waals surface area contributed by atoms with Gasteiger partial charge in [-0.3, -0.25) is 4.40 Å². The smallest absolute Gasteiger partial charge is 0.357 e. The normalized spacial score (nSPS) is 11.2. The average molecular weight is 310 g/mol. The highest BCUT2D eigenvalue weighted by Gasteiger charge is 2.14. The SMILES string of the molecule is O=C(OCc1nc2c(F)cccc2[nH]1)c1cnc2ccccn12. The molecule has 0 unspecified atom stereocenters. The van der Waals surface area contributed by atoms with Crippen LogP contribution in [0.3, 0.4) is 0 Å². The van der Waals surface area contributed by atoms with E-state index >= 15 is 0 Å². The van der Waals surface area contributed by atoms with Crippen molar-refractivity contribution in [3.05, 3.63) is 66.1 Å². The number of H-pyrrole nitrogens is 1. The van der Waals surface area contributed by atoms with Gasteiger partial charge in [-0.1, -0.05) is 12.1 Å². The Balaban J connectivity index is 1.56. The summed E-state index contributed by atoms with van der Waals surface area (Å²) in [6.07, 6.45) is 3.19. The summed E-state index contributed by atoms with van der Waals surface area (Å²) in [5.41, 5.74) is 1.77. The van der Waals surface area contributed by atoms with Gasteiger partial charge in [-0.2, -0.15) is 0 Å². The van der Waals surface area contributed by atoms with Crippen LogP contribution in [0.1, 0.15) is 16.3 Å². The second-order valence-electron chi connectivity index (χ2n) is 4.97. The molecule has 1 N–H and O–H groups in total. The summed E-state index contributed by atoms with van der Waals surface area (Å²) < 4.78 is 20.5. The number of hydrogen-bond acceptors (Lipinski definition) is 4. The summed E-state index contributed by atoms with van der Waals surface area (Å²) in [6.45, 7) is -0.0764. The minimum Gasteiger partial charge on any atom is -0.453 e. The Bertz CT molecular complexity index is 1020. The Morgan fingerprint density at radius 2 is 2.17 bits per heavy atom. The lowest BCUT2D eigenvalue weighted by atomic mass is 10.3. The van der Waals surface area contributed by atoms with Gasteiger partial charge < -0.3 is 9.72 Å². The number of esters is 1. The van der Waals surface area contributed by atoms with Gasteiger partial charge in [0.05, 0.1) is 11.7 Å². The van der Waals surface area contributed by atoms with E-state index in [0.717, 1.165) is 0 Å². The number of halogens is 1. The number of pyridine rings is 1. The second-order valence-corrected chi connectivity index (χ2v) is 4.97. The van der Waals surface area contributed by atoms with Crippen LogP contribution >= 0.6 is 0 Å². The van der Waals surface area contributed by atoms with E-state index in [4.69, 9.17) is 4.74 Å². The second kappa shape index (κ2) is 5.20. The van der Waals surface area contributed by atoms with Crippen molar-refractivity contribution in [3.63, 3.8) is 0 Å². The molecule has 3 heterocycles. The van der Waals surface area contributed by atoms with Gasteiger partial charge >= 0.3 is 5.97 Å². The first-order valence-electron chi connectivity index (χ1n) is 6.95. The number of nitrogens with zero attached hydrogens (tertiary/aromatic N) is 3. The zero-order valence-electron chi connectivity index (χ0n) is 11.9. The molecule has 23 heavy (non-hydrogen) atoms. The number of rotatable bonds is 3. The molecular weight excluding hydrogens is 299 g/mol. The molecule has 0 aliphatic carbocycles. The monoisotopic (exact) mass is 310 g/mol. The molecule has 0 saturated heterocycles. The molecule has 1 aromatic carbocycles. The third-order valence-corrected chi connectivity index (χ3v) is 3.48. The predicted octanol–water partition coefficient (Wildman–Crippen LogP) is 2.71. The van der Waals surface area contributed by atoms with Crippen molar-refractivity contribution in [1.29, 1.82) is 0 Å². The summed E-state index contributed by atoms with van der Waals surface area (Å²) in [6, 6.07) is 10.1. The molecule has 4 rings (SSSR count). The quantitative estimate of drug-likeness (QED) is 0.591. The number of hydrogen-bond donors (Lipinski definition) is 1. The lowest BCUT2D eigenvalue weighted by Crippen LogP contribution is -2.08. The van der Waals surface area contributed by atoms with Gasteiger partial charge in [0, 0.05) is 6.20 Å². The standard InChI is InChI=1S/C16H11FN4O2/c17-10-4-3-5-11-15(10)20-13(19-11)9-23-16(22)12-8-18-14-6-1-2-7-21(12)14/h1-8H,9H2,(H,19,20). The van der Waals surface area contributed by atoms with Gasteiger partial charge in [0.1, 0.15) is 23.6 Å². The number of benzene rings is 1. The number of ether oxygens (including phenoxy) is 1. The van der Waals surface area contributed by atoms with Gasteiger partial charge in [-0.05, 0) is 24.3 Å². The number of aromatic nitrogens is 4. The van der Waals surface area contributed by atoms with Crippen LogP contribution in [0, 0.1) is 5.82 Å². The van der Waals surface area contributed by atoms with E-state index in [1.807, 2.05) is 6.07 Å². The van der Waals surface area contributed by atoms with Crippen molar-refractivity contribution in [3.8, 4) is 0 Å². The molecule has 7 heteroatoms. The van der Waals surface area contributed by atoms with Crippen molar-refractivity contribution in [1.82, 2.24) is 19.4 Å². The maximum atomic E-state index is 13.6. The van der Waals surface area contributed by atoms with E-state index in [-0.39, 0.29) is 12.1 Å². The zero-order chi connectivity index (χ0) is 15.8. The van der Waals surface area contributed by atoms with E-state index in [1.165, 1.54) is 12.3 Å². The van der Waals surface area contributed by atoms with Crippen LogP contribution in [-0.2, 0) is 11.3 Å². The number of para-hydroxylation sites is 1. The molecule has 3 aromatic heterocycles. The lowest BCUT2D eigenvalue weighted by molar-refractivity contribution is 0.0455. The number of aromatic amines is 1. The topological polar surface area (TPSA) is 72.3 Å². The molecule has 0 saturated carbocycles. The Kier molecular flexibility index (Phi) is 3.04. The lowest BCUT2D eigenvalue weighted by Gasteiger charge is -2.02. The fourth-order valence-corrected chi connectivity index (χ4v) is 2.41. The fourth-order valence-electron chi connectivity index (χ4n) is 2.41. The average Bonchev–Trinajstić information content (AvgIpc) is 3.17. The largest absolute Gasteiger partial charge is 0.453 e. The number of fused-ring (bicyclic) bond motifs is 2. The number of imidazole rings is 2. The highest BCUT2D eigenvalue weighted by Crippen LogP contribution is 2.16. The summed E-state index contributed by atoms with van der Waals surface area (Å²) in [7, 11) is 0. The number of carbonyl (C=O) groups excluding carboxylic acids is 1. The van der Waals surface area contributed by atoms with Gasteiger partial charge in [-0.25, -0.2) is 19.2 Å². The molecule has 0 fully saturated rings. The Hall–Kier alpha value is -3.22. The van der Waals surface area contributed by atoms with Gasteiger partial charge in [0.25, 0.3) is 0 Å². The van der Waals surface area contributed by atoms with Crippen LogP contribution in [0.2, 0.25) is 0 Å². The first-order chi connectivity index (χ1) is 11.2. The van der Waals surface area contributed by atoms with Crippen LogP contribution in [0.5, 0.6) is 0 Å². The molecule has 0 aliphatic rings. The van der Waals surface area contributed by atoms with Gasteiger partial charge in [-0.15, -0.1) is 0 Å². The number of carbonyl (C=O) groups is 1. The van der Waals surface area contributed by atoms with Crippen molar-refractivity contribution in [2.75, 3.05) is 0 Å². The Morgan fingerprint density at radius 3 is 3.04 bits per heavy atom. The molecule has 0 atom stereocenters. The fraction of sp³-hybridized carbons (Fsp3) is 0.0625. The van der Waals surface area contributed by atoms with Crippen molar-refractivity contribution in [2.24, 2.45) is 0 Å². The minimum atomic E-state index is -0.523. The Labute approximate surface area is 129 Å². The number of nitrogens with one attached hydrogen (secondary N) is 1. The van der Waals surface area contributed by atoms with Gasteiger partial charge in [0.15, 0.2) is 11.5 Å². The van der Waals surface area contributed by atoms with Gasteiger partial charge in [0.2, 0.25) is 0 Å². The third-order valence-electron chi connectivity index (χ3n) is 3.48. The molecule has 0 bridgehead atoms. The van der Waals surface area contributed by atoms with Crippen LogP contribution < -0.4 is 0 Å². The molecule has 6 nitrogen and oxygen atoms in total. The Morgan fingerprint density at radius 1 is 1.26 bits per heavy atom. The van der Waals surface area contributed by atoms with Crippen molar-refractivity contribution in [2.45, 2.75) is 6.61 Å². The van der Waals surface area contributed by atoms with Crippen molar-refractivity contribution < 1.29 is 13.9 Å². The predicted molar refractivity (Wildman–Crippen MR) is 80.4 cm³/mol. The van der Waals surface area contributed by atoms with Crippen LogP contribution in [-0.4, -0.2) is 25.3 Å². The molecule has 0 radical (unpaired) electrons. The first kappa shape index (κ1) is 13.4. The summed E-state index contributed by atoms with van der Waals surface area (Å²) >= 11 is 0. The zero-order valence-corrected chi connectivity index (χ0v) is 11.9. The van der Waals surface area contributed by atoms with E-state index in [2.05, 4.69) is 15.0 Å². The first-order valence-corrected chi connectivity index (χ1v) is 6.95. The molecule has 114 valence electrons. The maximum absolute atomic E-state index is 13.6. The van der Waals surface area contributed by atoms with Crippen LogP contribution in [0.25, 0.3) is 16.7 Å². The van der Waals surface area contributed by atoms with Crippen LogP contribution in [0.4, 0.5) is 4.39 Å². The van der Waals surface area contributed by atoms with E-state index in [1.54, 1.807) is 34.9 Å². The highest BCUT2D eigenvalue weighted by molar-refractivity contribution is 5.88. The molecular formula is C16H11FN4O2. The maximum Gasteiger partial charge on any atom is 0.357 e. The molecule has 0 aliphatic heterocycles. The molecule has 0 amide bonds. The molecule has 0 spiro atoms. The highest BCUT2D eigenvalue weighted by atomic mass is 19.1. The van der Waals surface area contributed by atoms with E-state index < -0.39 is 11.8 Å². The van der Waals surface area contributed by atoms with E-state index in [9.17, 15) is 9.18 Å². The minimum absolute atomic E-state index is 0.0764. The molecule has 4 aromatic rings. The summed E-state index contributed by atoms with van der Waals surface area (Å²) in [4.78, 5) is 23.3. The summed E-state index contributed by atoms with van der Waals surface area (Å²) in [5, 5.41) is 0. The van der Waals surface area contributed by atoms with Crippen molar-refractivity contribution >= 4 is 22.6 Å². The van der Waals surface area contributed by atoms with E-state index in [0.29, 0.717) is 22.7 Å². The summed E-state index contributed by atoms with van der Waals surface area (Å²) in [5.74, 6) is -0.560. The third kappa shape index (κ3) is 2.32.